The molecule has 0 bridgehead atoms. The molecule has 0 radical (unpaired) electrons. The number of anilines is 2. The maximum Gasteiger partial charge on any atom is 0.411 e. The van der Waals surface area contributed by atoms with Gasteiger partial charge in [0.05, 0.1) is 22.1 Å². The van der Waals surface area contributed by atoms with Gasteiger partial charge in [0.1, 0.15) is 0 Å². The molecule has 0 fully saturated rings. The van der Waals surface area contributed by atoms with E-state index in [1.165, 1.54) is 20.8 Å². The molecular formula is C49H38F6N2O6. The molecule has 6 aromatic rings. The molecule has 1 amide bonds. The minimum atomic E-state index is -6.24. The van der Waals surface area contributed by atoms with Gasteiger partial charge < -0.3 is 20.8 Å². The zero-order valence-electron chi connectivity index (χ0n) is 34.0. The lowest BCUT2D eigenvalue weighted by atomic mass is 9.67. The Bertz CT molecular complexity index is 2750. The lowest BCUT2D eigenvalue weighted by molar-refractivity contribution is -0.288. The van der Waals surface area contributed by atoms with Crippen LogP contribution in [0.3, 0.4) is 0 Å². The topological polar surface area (TPSA) is 133 Å². The number of fused-ring (bicyclic) bond motifs is 3. The number of alkyl halides is 6. The number of carboxylic acid groups (broad SMARTS) is 2. The van der Waals surface area contributed by atoms with Crippen molar-refractivity contribution in [3.63, 3.8) is 0 Å². The number of benzene rings is 6. The number of carbonyl (C=O) groups is 4. The number of halogens is 6. The minimum absolute atomic E-state index is 0.121. The molecule has 1 aliphatic carbocycles. The summed E-state index contributed by atoms with van der Waals surface area (Å²) in [5.74, 6) is -5.98. The fourth-order valence-corrected chi connectivity index (χ4v) is 8.60. The number of Topliss-reactive ketones (excluding diaryl/α,β-unsaturated/α-hetero) is 1. The summed E-state index contributed by atoms with van der Waals surface area (Å²) in [5.41, 5.74) is -7.36. The second-order valence-electron chi connectivity index (χ2n) is 16.2. The van der Waals surface area contributed by atoms with E-state index < -0.39 is 85.6 Å². The molecule has 1 aliphatic rings. The molecule has 0 heterocycles. The lowest BCUT2D eigenvalue weighted by Gasteiger charge is -2.39. The van der Waals surface area contributed by atoms with Crippen LogP contribution in [0.2, 0.25) is 0 Å². The van der Waals surface area contributed by atoms with Crippen molar-refractivity contribution in [1.82, 2.24) is 0 Å². The normalized spacial score (nSPS) is 13.4. The molecule has 6 aromatic carbocycles. The van der Waals surface area contributed by atoms with Crippen molar-refractivity contribution >= 4 is 35.0 Å². The fraction of sp³-hybridized carbons (Fsp3) is 0.184. The van der Waals surface area contributed by atoms with E-state index in [2.05, 4.69) is 10.6 Å². The lowest BCUT2D eigenvalue weighted by Crippen LogP contribution is -2.55. The van der Waals surface area contributed by atoms with Crippen molar-refractivity contribution in [3.8, 4) is 11.1 Å². The zero-order valence-corrected chi connectivity index (χ0v) is 34.0. The van der Waals surface area contributed by atoms with Crippen LogP contribution in [0.15, 0.2) is 133 Å². The summed E-state index contributed by atoms with van der Waals surface area (Å²) in [6.45, 7) is 3.92. The third-order valence-corrected chi connectivity index (χ3v) is 11.5. The highest BCUT2D eigenvalue weighted by Crippen LogP contribution is 2.58. The van der Waals surface area contributed by atoms with Gasteiger partial charge in [0, 0.05) is 29.4 Å². The molecule has 0 saturated carbocycles. The molecule has 7 rings (SSSR count). The van der Waals surface area contributed by atoms with Gasteiger partial charge in [0.25, 0.3) is 5.91 Å². The van der Waals surface area contributed by atoms with Gasteiger partial charge in [0.2, 0.25) is 5.41 Å². The Morgan fingerprint density at radius 3 is 1.38 bits per heavy atom. The molecule has 0 unspecified atom stereocenters. The molecular weight excluding hydrogens is 827 g/mol. The third-order valence-electron chi connectivity index (χ3n) is 11.5. The second-order valence-corrected chi connectivity index (χ2v) is 16.2. The summed E-state index contributed by atoms with van der Waals surface area (Å²) in [7, 11) is 1.81. The number of nitrogens with one attached hydrogen (secondary N) is 2. The maximum absolute atomic E-state index is 15.3. The van der Waals surface area contributed by atoms with Crippen molar-refractivity contribution in [2.45, 2.75) is 44.0 Å². The number of hydrogen-bond acceptors (Lipinski definition) is 5. The summed E-state index contributed by atoms with van der Waals surface area (Å²) in [5, 5.41) is 25.5. The molecule has 0 saturated heterocycles. The van der Waals surface area contributed by atoms with Crippen molar-refractivity contribution in [2.75, 3.05) is 17.7 Å². The third kappa shape index (κ3) is 7.08. The standard InChI is InChI=1S/C49H38F6N2O6/c1-45(2,3)41(58)37-25-29(18-24-36(37)43(60)61)47(48(50,51)52,49(53,54)55)30-17-23-35(38(26-30)44(62)63)42(59)57-32-21-15-28(16-22-32)46(27-13-19-31(56-4)20-14-27)39-11-7-5-9-33(39)34-10-6-8-12-40(34)46/h5-26,56H,1-4H3,(H,57,59)(H,60,61)(H,62,63). The van der Waals surface area contributed by atoms with Crippen LogP contribution in [-0.4, -0.2) is 53.2 Å². The van der Waals surface area contributed by atoms with Crippen LogP contribution in [-0.2, 0) is 10.8 Å². The van der Waals surface area contributed by atoms with Crippen LogP contribution >= 0.6 is 0 Å². The van der Waals surface area contributed by atoms with E-state index in [9.17, 15) is 29.4 Å². The number of carboxylic acids is 2. The molecule has 0 aliphatic heterocycles. The van der Waals surface area contributed by atoms with Crippen molar-refractivity contribution in [2.24, 2.45) is 5.41 Å². The number of rotatable bonds is 10. The molecule has 14 heteroatoms. The number of hydrogen-bond donors (Lipinski definition) is 4. The van der Waals surface area contributed by atoms with Gasteiger partial charge >= 0.3 is 24.3 Å². The second kappa shape index (κ2) is 15.6. The van der Waals surface area contributed by atoms with E-state index in [-0.39, 0.29) is 17.8 Å². The molecule has 0 aromatic heterocycles. The average Bonchev–Trinajstić information content (AvgIpc) is 3.53. The van der Waals surface area contributed by atoms with Gasteiger partial charge in [-0.3, -0.25) is 9.59 Å². The first kappa shape index (κ1) is 43.9. The van der Waals surface area contributed by atoms with Crippen LogP contribution in [0.1, 0.15) is 95.6 Å². The fourth-order valence-electron chi connectivity index (χ4n) is 8.60. The van der Waals surface area contributed by atoms with Crippen LogP contribution in [0.4, 0.5) is 37.7 Å². The summed E-state index contributed by atoms with van der Waals surface area (Å²) in [6.07, 6.45) is -12.5. The smallest absolute Gasteiger partial charge is 0.411 e. The van der Waals surface area contributed by atoms with Crippen molar-refractivity contribution in [3.05, 3.63) is 189 Å². The van der Waals surface area contributed by atoms with E-state index in [0.29, 0.717) is 24.3 Å². The first-order chi connectivity index (χ1) is 29.6. The monoisotopic (exact) mass is 864 g/mol. The first-order valence-corrected chi connectivity index (χ1v) is 19.4. The van der Waals surface area contributed by atoms with E-state index in [0.717, 1.165) is 39.1 Å². The SMILES string of the molecule is CNc1ccc(C2(c3ccc(NC(=O)c4ccc(C(c5ccc(C(=O)O)c(C(=O)C(C)(C)C)c5)(C(F)(F)F)C(F)(F)F)cc4C(=O)O)cc3)c3ccccc3-c3ccccc32)cc1. The maximum atomic E-state index is 15.3. The molecule has 4 N–H and O–H groups in total. The van der Waals surface area contributed by atoms with Gasteiger partial charge in [0.15, 0.2) is 5.78 Å². The predicted octanol–water partition coefficient (Wildman–Crippen LogP) is 11.4. The highest BCUT2D eigenvalue weighted by atomic mass is 19.4. The molecule has 8 nitrogen and oxygen atoms in total. The molecule has 322 valence electrons. The largest absolute Gasteiger partial charge is 0.478 e. The van der Waals surface area contributed by atoms with E-state index >= 15 is 26.3 Å². The van der Waals surface area contributed by atoms with Gasteiger partial charge in [-0.1, -0.05) is 106 Å². The molecule has 0 atom stereocenters. The van der Waals surface area contributed by atoms with Crippen molar-refractivity contribution < 1.29 is 55.7 Å². The number of aromatic carboxylic acids is 2. The Morgan fingerprint density at radius 1 is 0.524 bits per heavy atom. The highest BCUT2D eigenvalue weighted by molar-refractivity contribution is 6.11. The van der Waals surface area contributed by atoms with Crippen LogP contribution in [0.25, 0.3) is 11.1 Å². The van der Waals surface area contributed by atoms with E-state index in [1.54, 1.807) is 24.3 Å². The Hall–Kier alpha value is -7.22. The highest BCUT2D eigenvalue weighted by Gasteiger charge is 2.72. The summed E-state index contributed by atoms with van der Waals surface area (Å²) in [6, 6.07) is 32.5. The average molecular weight is 865 g/mol. The Kier molecular flexibility index (Phi) is 10.9. The number of ketones is 1. The predicted molar refractivity (Wildman–Crippen MR) is 225 cm³/mol. The Labute approximate surface area is 357 Å². The van der Waals surface area contributed by atoms with Crippen LogP contribution < -0.4 is 10.6 Å². The Balaban J connectivity index is 1.31. The van der Waals surface area contributed by atoms with E-state index in [1.807, 2.05) is 79.8 Å². The summed E-state index contributed by atoms with van der Waals surface area (Å²) < 4.78 is 91.7. The quantitative estimate of drug-likeness (QED) is 0.0795. The van der Waals surface area contributed by atoms with Gasteiger partial charge in [-0.2, -0.15) is 26.3 Å². The summed E-state index contributed by atoms with van der Waals surface area (Å²) in [4.78, 5) is 51.6. The van der Waals surface area contributed by atoms with Crippen LogP contribution in [0, 0.1) is 5.41 Å². The molecule has 63 heavy (non-hydrogen) atoms. The number of carbonyl (C=O) groups excluding carboxylic acids is 2. The van der Waals surface area contributed by atoms with Gasteiger partial charge in [-0.25, -0.2) is 9.59 Å². The molecule has 0 spiro atoms. The first-order valence-electron chi connectivity index (χ1n) is 19.4. The zero-order chi connectivity index (χ0) is 45.9. The van der Waals surface area contributed by atoms with Gasteiger partial charge in [-0.05, 0) is 93.0 Å². The summed E-state index contributed by atoms with van der Waals surface area (Å²) >= 11 is 0. The number of amides is 1. The minimum Gasteiger partial charge on any atom is -0.478 e. The Morgan fingerprint density at radius 2 is 0.952 bits per heavy atom. The van der Waals surface area contributed by atoms with Crippen molar-refractivity contribution in [1.29, 1.82) is 0 Å². The van der Waals surface area contributed by atoms with Crippen LogP contribution in [0.5, 0.6) is 0 Å². The van der Waals surface area contributed by atoms with E-state index in [4.69, 9.17) is 0 Å². The van der Waals surface area contributed by atoms with Gasteiger partial charge in [-0.15, -0.1) is 0 Å².